The predicted octanol–water partition coefficient (Wildman–Crippen LogP) is 16.9. The third-order valence-electron chi connectivity index (χ3n) is 11.3. The van der Waals surface area contributed by atoms with Crippen LogP contribution in [0.1, 0.15) is 258 Å². The van der Waals surface area contributed by atoms with Gasteiger partial charge in [0.15, 0.2) is 11.3 Å². The van der Waals surface area contributed by atoms with Gasteiger partial charge < -0.3 is 10.1 Å². The minimum atomic E-state index is -0.682. The number of amides is 1. The number of hydrogen-bond acceptors (Lipinski definition) is 8. The van der Waals surface area contributed by atoms with E-state index in [1.165, 1.54) is 230 Å². The van der Waals surface area contributed by atoms with E-state index in [4.69, 9.17) is 4.74 Å². The summed E-state index contributed by atoms with van der Waals surface area (Å²) in [5.41, 5.74) is 0. The van der Waals surface area contributed by atoms with Gasteiger partial charge in [0, 0.05) is 12.2 Å². The topological polar surface area (TPSA) is 72.5 Å². The quantitative estimate of drug-likeness (QED) is 0.0368. The molecule has 0 saturated carbocycles. The minimum absolute atomic E-state index is 0.0878. The van der Waals surface area contributed by atoms with E-state index in [1.54, 1.807) is 35.3 Å². The van der Waals surface area contributed by atoms with E-state index in [0.717, 1.165) is 30.1 Å². The van der Waals surface area contributed by atoms with Crippen molar-refractivity contribution >= 4 is 64.0 Å². The Morgan fingerprint density at radius 2 is 0.683 bits per heavy atom. The van der Waals surface area contributed by atoms with Crippen LogP contribution in [0.2, 0.25) is 0 Å². The first kappa shape index (κ1) is 60.0. The monoisotopic (exact) mass is 918 g/mol. The van der Waals surface area contributed by atoms with Gasteiger partial charge in [-0.25, -0.2) is 0 Å². The molecular weight excluding hydrogens is 819 g/mol. The second-order valence-corrected chi connectivity index (χ2v) is 21.8. The Hall–Kier alpha value is 0.01000. The summed E-state index contributed by atoms with van der Waals surface area (Å²) in [5.74, 6) is 4.35. The lowest BCUT2D eigenvalue weighted by molar-refractivity contribution is -0.148. The van der Waals surface area contributed by atoms with Gasteiger partial charge in [-0.15, -0.1) is 0 Å². The van der Waals surface area contributed by atoms with E-state index in [-0.39, 0.29) is 17.0 Å². The number of carbonyl (C=O) groups is 3. The van der Waals surface area contributed by atoms with Crippen LogP contribution in [0.3, 0.4) is 0 Å². The summed E-state index contributed by atoms with van der Waals surface area (Å²) in [7, 11) is 0. The molecule has 0 aliphatic rings. The Balaban J connectivity index is 4.30. The van der Waals surface area contributed by atoms with Crippen LogP contribution in [0.5, 0.6) is 0 Å². The fraction of sp³-hybridized carbons (Fsp3) is 0.941. The van der Waals surface area contributed by atoms with Crippen LogP contribution < -0.4 is 5.32 Å². The van der Waals surface area contributed by atoms with Crippen LogP contribution in [0.15, 0.2) is 0 Å². The molecule has 5 nitrogen and oxygen atoms in total. The van der Waals surface area contributed by atoms with Crippen molar-refractivity contribution in [3.8, 4) is 0 Å². The number of ether oxygens (including phenoxy) is 1. The van der Waals surface area contributed by atoms with Crippen LogP contribution in [-0.2, 0) is 19.1 Å². The van der Waals surface area contributed by atoms with Crippen LogP contribution in [-0.4, -0.2) is 63.5 Å². The van der Waals surface area contributed by atoms with E-state index >= 15 is 0 Å². The van der Waals surface area contributed by atoms with Crippen LogP contribution in [0.4, 0.5) is 0 Å². The summed E-state index contributed by atoms with van der Waals surface area (Å²) in [5, 5.41) is 3.15. The molecule has 0 aromatic carbocycles. The average Bonchev–Trinajstić information content (AvgIpc) is 3.24. The van der Waals surface area contributed by atoms with Crippen molar-refractivity contribution in [1.82, 2.24) is 5.32 Å². The second kappa shape index (κ2) is 51.6. The Morgan fingerprint density at radius 1 is 0.383 bits per heavy atom. The Labute approximate surface area is 391 Å². The van der Waals surface area contributed by atoms with Gasteiger partial charge in [0.25, 0.3) is 0 Å². The van der Waals surface area contributed by atoms with Crippen molar-refractivity contribution in [2.24, 2.45) is 0 Å². The molecule has 0 fully saturated rings. The van der Waals surface area contributed by atoms with Crippen molar-refractivity contribution in [3.05, 3.63) is 0 Å². The molecule has 1 atom stereocenters. The Bertz CT molecular complexity index is 864. The molecular formula is C51H99NO4S4. The number of esters is 1. The molecule has 9 heteroatoms. The predicted molar refractivity (Wildman–Crippen MR) is 275 cm³/mol. The van der Waals surface area contributed by atoms with Crippen LogP contribution in [0.25, 0.3) is 0 Å². The highest BCUT2D eigenvalue weighted by Crippen LogP contribution is 2.18. The van der Waals surface area contributed by atoms with Crippen molar-refractivity contribution < 1.29 is 19.1 Å². The molecule has 1 unspecified atom stereocenters. The molecule has 0 heterocycles. The van der Waals surface area contributed by atoms with Gasteiger partial charge in [0.1, 0.15) is 0 Å². The zero-order valence-corrected chi connectivity index (χ0v) is 43.2. The molecule has 0 radical (unpaired) electrons. The SMILES string of the molecule is CCCCCCCCCCCCCCSCC(=O)NC(CCSC(=O)CSCCCCCCCCCCCCCC)OC(=O)CSCCCCCCCCCCCCCC. The first-order chi connectivity index (χ1) is 29.5. The van der Waals surface area contributed by atoms with Crippen LogP contribution in [0, 0.1) is 0 Å². The molecule has 0 bridgehead atoms. The summed E-state index contributed by atoms with van der Waals surface area (Å²) in [6.07, 6.45) is 47.8. The molecule has 0 aliphatic carbocycles. The molecule has 0 aliphatic heterocycles. The molecule has 0 saturated heterocycles. The molecule has 356 valence electrons. The van der Waals surface area contributed by atoms with Crippen molar-refractivity contribution in [2.75, 3.05) is 40.3 Å². The Morgan fingerprint density at radius 3 is 1.03 bits per heavy atom. The first-order valence-corrected chi connectivity index (χ1v) is 30.4. The van der Waals surface area contributed by atoms with Gasteiger partial charge in [0.2, 0.25) is 5.91 Å². The molecule has 1 amide bonds. The summed E-state index contributed by atoms with van der Waals surface area (Å²) in [4.78, 5) is 38.4. The van der Waals surface area contributed by atoms with E-state index in [9.17, 15) is 14.4 Å². The normalized spacial score (nSPS) is 11.9. The summed E-state index contributed by atoms with van der Waals surface area (Å²) >= 11 is 6.35. The number of hydrogen-bond donors (Lipinski definition) is 1. The van der Waals surface area contributed by atoms with Gasteiger partial charge >= 0.3 is 5.97 Å². The largest absolute Gasteiger partial charge is 0.441 e. The molecule has 1 N–H and O–H groups in total. The van der Waals surface area contributed by atoms with Gasteiger partial charge in [-0.3, -0.25) is 14.4 Å². The third-order valence-corrected chi connectivity index (χ3v) is 15.5. The molecule has 0 aromatic heterocycles. The Kier molecular flexibility index (Phi) is 51.7. The average molecular weight is 919 g/mol. The summed E-state index contributed by atoms with van der Waals surface area (Å²) in [6.45, 7) is 6.83. The maximum Gasteiger partial charge on any atom is 0.317 e. The van der Waals surface area contributed by atoms with Gasteiger partial charge in [-0.1, -0.05) is 244 Å². The fourth-order valence-corrected chi connectivity index (χ4v) is 11.0. The zero-order valence-electron chi connectivity index (χ0n) is 40.0. The van der Waals surface area contributed by atoms with E-state index in [2.05, 4.69) is 26.1 Å². The minimum Gasteiger partial charge on any atom is -0.441 e. The van der Waals surface area contributed by atoms with E-state index in [1.807, 2.05) is 0 Å². The number of rotatable bonds is 50. The number of nitrogens with one attached hydrogen (secondary N) is 1. The summed E-state index contributed by atoms with van der Waals surface area (Å²) < 4.78 is 5.80. The van der Waals surface area contributed by atoms with Gasteiger partial charge in [-0.05, 0) is 36.5 Å². The first-order valence-electron chi connectivity index (χ1n) is 25.9. The van der Waals surface area contributed by atoms with Crippen molar-refractivity contribution in [3.63, 3.8) is 0 Å². The van der Waals surface area contributed by atoms with Crippen molar-refractivity contribution in [2.45, 2.75) is 265 Å². The molecule has 60 heavy (non-hydrogen) atoms. The van der Waals surface area contributed by atoms with Gasteiger partial charge in [0.05, 0.1) is 17.3 Å². The number of thioether (sulfide) groups is 4. The van der Waals surface area contributed by atoms with Crippen LogP contribution >= 0.6 is 47.0 Å². The highest BCUT2D eigenvalue weighted by molar-refractivity contribution is 8.15. The number of unbranched alkanes of at least 4 members (excludes halogenated alkanes) is 33. The summed E-state index contributed by atoms with van der Waals surface area (Å²) in [6, 6.07) is 0. The highest BCUT2D eigenvalue weighted by Gasteiger charge is 2.18. The molecule has 0 spiro atoms. The molecule has 0 aromatic rings. The van der Waals surface area contributed by atoms with E-state index in [0.29, 0.717) is 29.4 Å². The lowest BCUT2D eigenvalue weighted by Gasteiger charge is -2.19. The lowest BCUT2D eigenvalue weighted by atomic mass is 10.1. The maximum atomic E-state index is 12.9. The van der Waals surface area contributed by atoms with Gasteiger partial charge in [-0.2, -0.15) is 35.3 Å². The maximum absolute atomic E-state index is 12.9. The lowest BCUT2D eigenvalue weighted by Crippen LogP contribution is -2.40. The highest BCUT2D eigenvalue weighted by atomic mass is 32.2. The zero-order chi connectivity index (χ0) is 43.7. The van der Waals surface area contributed by atoms with Crippen molar-refractivity contribution in [1.29, 1.82) is 0 Å². The molecule has 0 rings (SSSR count). The third kappa shape index (κ3) is 49.0. The smallest absolute Gasteiger partial charge is 0.317 e. The second-order valence-electron chi connectivity index (χ2n) is 17.4. The van der Waals surface area contributed by atoms with E-state index < -0.39 is 6.23 Å². The fourth-order valence-electron chi connectivity index (χ4n) is 7.51. The number of carbonyl (C=O) groups excluding carboxylic acids is 3. The standard InChI is InChI=1S/C51H99NO4S4/c1-4-7-10-13-16-19-22-25-28-31-34-37-41-57-45-48(53)52-49(56-50(54)46-58-42-38-35-32-29-26-23-20-17-14-11-8-5-2)40-44-60-51(55)47-59-43-39-36-33-30-27-24-21-18-15-12-9-6-3/h49H,4-47H2,1-3H3,(H,52,53).